The number of carbonyl (C=O) groups excluding carboxylic acids is 1. The van der Waals surface area contributed by atoms with Gasteiger partial charge in [0.15, 0.2) is 11.4 Å². The fourth-order valence-corrected chi connectivity index (χ4v) is 3.74. The van der Waals surface area contributed by atoms with Gasteiger partial charge in [-0.2, -0.15) is 0 Å². The van der Waals surface area contributed by atoms with Gasteiger partial charge >= 0.3 is 5.97 Å². The first-order valence-corrected chi connectivity index (χ1v) is 8.94. The molecule has 0 bridgehead atoms. The molecule has 26 heavy (non-hydrogen) atoms. The Labute approximate surface area is 152 Å². The van der Waals surface area contributed by atoms with Crippen LogP contribution in [0.4, 0.5) is 0 Å². The zero-order valence-corrected chi connectivity index (χ0v) is 14.7. The van der Waals surface area contributed by atoms with E-state index in [1.54, 1.807) is 29.3 Å². The van der Waals surface area contributed by atoms with Crippen molar-refractivity contribution in [2.45, 2.75) is 25.4 Å². The van der Waals surface area contributed by atoms with Crippen LogP contribution in [-0.2, 0) is 9.53 Å². The molecule has 2 aliphatic heterocycles. The third kappa shape index (κ3) is 3.88. The number of carboxylic acid groups (broad SMARTS) is 1. The van der Waals surface area contributed by atoms with Gasteiger partial charge in [0.05, 0.1) is 12.0 Å². The van der Waals surface area contributed by atoms with Gasteiger partial charge in [-0.05, 0) is 37.3 Å². The highest BCUT2D eigenvalue weighted by atomic mass is 16.5. The van der Waals surface area contributed by atoms with Crippen LogP contribution in [0.3, 0.4) is 0 Å². The topological polar surface area (TPSA) is 89.0 Å². The van der Waals surface area contributed by atoms with Crippen molar-refractivity contribution >= 4 is 11.9 Å². The SMILES string of the molecule is C=CCOc1cccnc1C(=O)N1CCC([C@@H]2OCCC2C(=O)O)CC1. The number of amides is 1. The zero-order valence-electron chi connectivity index (χ0n) is 14.7. The van der Waals surface area contributed by atoms with Crippen LogP contribution in [0.1, 0.15) is 29.8 Å². The van der Waals surface area contributed by atoms with Crippen LogP contribution in [0, 0.1) is 11.8 Å². The van der Waals surface area contributed by atoms with E-state index < -0.39 is 11.9 Å². The number of carboxylic acids is 1. The lowest BCUT2D eigenvalue weighted by molar-refractivity contribution is -0.145. The summed E-state index contributed by atoms with van der Waals surface area (Å²) in [5, 5.41) is 9.33. The van der Waals surface area contributed by atoms with Crippen LogP contribution in [0.25, 0.3) is 0 Å². The van der Waals surface area contributed by atoms with E-state index in [1.165, 1.54) is 0 Å². The van der Waals surface area contributed by atoms with Gasteiger partial charge in [-0.25, -0.2) is 4.98 Å². The van der Waals surface area contributed by atoms with Gasteiger partial charge in [0.2, 0.25) is 0 Å². The molecule has 0 aromatic carbocycles. The molecule has 2 fully saturated rings. The average Bonchev–Trinajstić information content (AvgIpc) is 3.16. The van der Waals surface area contributed by atoms with Gasteiger partial charge in [0.25, 0.3) is 5.91 Å². The van der Waals surface area contributed by atoms with Crippen LogP contribution >= 0.6 is 0 Å². The number of likely N-dealkylation sites (tertiary alicyclic amines) is 1. The highest BCUT2D eigenvalue weighted by molar-refractivity contribution is 5.95. The smallest absolute Gasteiger partial charge is 0.309 e. The second kappa shape index (κ2) is 8.31. The Morgan fingerprint density at radius 2 is 2.15 bits per heavy atom. The fourth-order valence-electron chi connectivity index (χ4n) is 3.74. The van der Waals surface area contributed by atoms with Gasteiger partial charge in [0, 0.05) is 25.9 Å². The predicted octanol–water partition coefficient (Wildman–Crippen LogP) is 1.99. The Balaban J connectivity index is 1.62. The molecular weight excluding hydrogens is 336 g/mol. The maximum atomic E-state index is 12.8. The summed E-state index contributed by atoms with van der Waals surface area (Å²) in [7, 11) is 0. The first-order chi connectivity index (χ1) is 12.6. The standard InChI is InChI=1S/C19H24N2O5/c1-2-11-25-15-4-3-8-20-16(15)18(22)21-9-5-13(6-10-21)17-14(19(23)24)7-12-26-17/h2-4,8,13-14,17H,1,5-7,9-12H2,(H,23,24)/t14?,17-/m0/s1. The normalized spacial score (nSPS) is 23.6. The summed E-state index contributed by atoms with van der Waals surface area (Å²) in [6.45, 7) is 5.54. The second-order valence-corrected chi connectivity index (χ2v) is 6.65. The van der Waals surface area contributed by atoms with Crippen molar-refractivity contribution in [1.29, 1.82) is 0 Å². The van der Waals surface area contributed by atoms with Crippen molar-refractivity contribution in [2.75, 3.05) is 26.3 Å². The van der Waals surface area contributed by atoms with E-state index in [0.717, 1.165) is 12.8 Å². The van der Waals surface area contributed by atoms with E-state index in [9.17, 15) is 14.7 Å². The Bertz CT molecular complexity index is 670. The molecule has 2 atom stereocenters. The Morgan fingerprint density at radius 3 is 2.85 bits per heavy atom. The van der Waals surface area contributed by atoms with Crippen molar-refractivity contribution in [2.24, 2.45) is 11.8 Å². The van der Waals surface area contributed by atoms with Gasteiger partial charge in [-0.1, -0.05) is 12.7 Å². The molecule has 1 aromatic rings. The van der Waals surface area contributed by atoms with Gasteiger partial charge in [-0.15, -0.1) is 0 Å². The summed E-state index contributed by atoms with van der Waals surface area (Å²) in [6.07, 6.45) is 4.98. The molecule has 7 nitrogen and oxygen atoms in total. The van der Waals surface area contributed by atoms with E-state index in [2.05, 4.69) is 11.6 Å². The minimum Gasteiger partial charge on any atom is -0.487 e. The Morgan fingerprint density at radius 1 is 1.38 bits per heavy atom. The number of aromatic nitrogens is 1. The molecular formula is C19H24N2O5. The number of aliphatic carboxylic acids is 1. The molecule has 0 saturated carbocycles. The summed E-state index contributed by atoms with van der Waals surface area (Å²) < 4.78 is 11.2. The molecule has 1 N–H and O–H groups in total. The molecule has 0 spiro atoms. The van der Waals surface area contributed by atoms with Crippen LogP contribution < -0.4 is 4.74 Å². The quantitative estimate of drug-likeness (QED) is 0.781. The van der Waals surface area contributed by atoms with Crippen molar-refractivity contribution in [3.63, 3.8) is 0 Å². The highest BCUT2D eigenvalue weighted by Crippen LogP contribution is 2.33. The molecule has 0 aliphatic carbocycles. The summed E-state index contributed by atoms with van der Waals surface area (Å²) in [5.41, 5.74) is 0.299. The minimum absolute atomic E-state index is 0.162. The first kappa shape index (κ1) is 18.4. The molecule has 140 valence electrons. The minimum atomic E-state index is -0.788. The molecule has 1 aromatic heterocycles. The van der Waals surface area contributed by atoms with E-state index in [-0.39, 0.29) is 17.9 Å². The summed E-state index contributed by atoms with van der Waals surface area (Å²) in [5.74, 6) is -0.766. The Kier molecular flexibility index (Phi) is 5.88. The molecule has 0 radical (unpaired) electrons. The third-order valence-electron chi connectivity index (χ3n) is 5.07. The zero-order chi connectivity index (χ0) is 18.5. The van der Waals surface area contributed by atoms with Gasteiger partial charge in [0.1, 0.15) is 6.61 Å². The predicted molar refractivity (Wildman–Crippen MR) is 94.0 cm³/mol. The lowest BCUT2D eigenvalue weighted by Crippen LogP contribution is -2.43. The molecule has 2 saturated heterocycles. The van der Waals surface area contributed by atoms with Crippen molar-refractivity contribution in [3.8, 4) is 5.75 Å². The third-order valence-corrected chi connectivity index (χ3v) is 5.07. The molecule has 1 unspecified atom stereocenters. The number of piperidine rings is 1. The summed E-state index contributed by atoms with van der Waals surface area (Å²) in [6, 6.07) is 3.45. The van der Waals surface area contributed by atoms with Crippen molar-refractivity contribution in [3.05, 3.63) is 36.7 Å². The van der Waals surface area contributed by atoms with Crippen LogP contribution in [-0.4, -0.2) is 59.3 Å². The van der Waals surface area contributed by atoms with E-state index >= 15 is 0 Å². The van der Waals surface area contributed by atoms with E-state index in [4.69, 9.17) is 9.47 Å². The number of hydrogen-bond acceptors (Lipinski definition) is 5. The lowest BCUT2D eigenvalue weighted by atomic mass is 9.84. The molecule has 1 amide bonds. The maximum Gasteiger partial charge on any atom is 0.309 e. The number of nitrogens with zero attached hydrogens (tertiary/aromatic N) is 2. The van der Waals surface area contributed by atoms with Crippen LogP contribution in [0.15, 0.2) is 31.0 Å². The number of carbonyl (C=O) groups is 2. The lowest BCUT2D eigenvalue weighted by Gasteiger charge is -2.35. The molecule has 3 rings (SSSR count). The maximum absolute atomic E-state index is 12.8. The van der Waals surface area contributed by atoms with Gasteiger partial charge in [-0.3, -0.25) is 9.59 Å². The van der Waals surface area contributed by atoms with Gasteiger partial charge < -0.3 is 19.5 Å². The molecule has 2 aliphatic rings. The average molecular weight is 360 g/mol. The van der Waals surface area contributed by atoms with E-state index in [1.807, 2.05) is 0 Å². The van der Waals surface area contributed by atoms with Crippen LogP contribution in [0.5, 0.6) is 5.75 Å². The van der Waals surface area contributed by atoms with E-state index in [0.29, 0.717) is 44.2 Å². The summed E-state index contributed by atoms with van der Waals surface area (Å²) in [4.78, 5) is 30.1. The van der Waals surface area contributed by atoms with Crippen molar-refractivity contribution in [1.82, 2.24) is 9.88 Å². The molecule has 3 heterocycles. The Hall–Kier alpha value is -2.41. The number of ether oxygens (including phenoxy) is 2. The monoisotopic (exact) mass is 360 g/mol. The first-order valence-electron chi connectivity index (χ1n) is 8.94. The second-order valence-electron chi connectivity index (χ2n) is 6.65. The number of pyridine rings is 1. The largest absolute Gasteiger partial charge is 0.487 e. The number of rotatable bonds is 6. The van der Waals surface area contributed by atoms with Crippen LogP contribution in [0.2, 0.25) is 0 Å². The molecule has 7 heteroatoms. The van der Waals surface area contributed by atoms with Crippen molar-refractivity contribution < 1.29 is 24.2 Å². The fraction of sp³-hybridized carbons (Fsp3) is 0.526. The summed E-state index contributed by atoms with van der Waals surface area (Å²) >= 11 is 0. The highest BCUT2D eigenvalue weighted by Gasteiger charge is 2.41. The number of hydrogen-bond donors (Lipinski definition) is 1.